The van der Waals surface area contributed by atoms with Gasteiger partial charge in [0.15, 0.2) is 16.7 Å². The van der Waals surface area contributed by atoms with E-state index < -0.39 is 17.4 Å². The van der Waals surface area contributed by atoms with Crippen LogP contribution in [0, 0.1) is 11.6 Å². The van der Waals surface area contributed by atoms with Crippen LogP contribution in [-0.2, 0) is 0 Å². The number of anilines is 1. The van der Waals surface area contributed by atoms with Gasteiger partial charge in [-0.05, 0) is 37.2 Å². The Kier molecular flexibility index (Phi) is 4.52. The van der Waals surface area contributed by atoms with E-state index in [1.165, 1.54) is 12.5 Å². The van der Waals surface area contributed by atoms with Gasteiger partial charge in [0, 0.05) is 6.04 Å². The Morgan fingerprint density at radius 1 is 1.21 bits per heavy atom. The fourth-order valence-corrected chi connectivity index (χ4v) is 2.51. The molecular formula is C13H16F2N2OS. The number of phenols is 1. The number of phenolic OH excluding ortho intramolecular Hbond substituents is 1. The van der Waals surface area contributed by atoms with Crippen LogP contribution in [0.2, 0.25) is 0 Å². The van der Waals surface area contributed by atoms with Crippen LogP contribution in [0.3, 0.4) is 0 Å². The van der Waals surface area contributed by atoms with E-state index in [4.69, 9.17) is 12.2 Å². The van der Waals surface area contributed by atoms with Gasteiger partial charge >= 0.3 is 0 Å². The summed E-state index contributed by atoms with van der Waals surface area (Å²) in [5, 5.41) is 15.6. The van der Waals surface area contributed by atoms with Gasteiger partial charge in [-0.1, -0.05) is 19.3 Å². The van der Waals surface area contributed by atoms with E-state index in [1.54, 1.807) is 0 Å². The van der Waals surface area contributed by atoms with Crippen molar-refractivity contribution in [2.75, 3.05) is 5.32 Å². The van der Waals surface area contributed by atoms with E-state index in [1.807, 2.05) is 0 Å². The van der Waals surface area contributed by atoms with Crippen molar-refractivity contribution in [2.45, 2.75) is 38.1 Å². The number of halogens is 2. The van der Waals surface area contributed by atoms with Crippen molar-refractivity contribution in [1.29, 1.82) is 0 Å². The van der Waals surface area contributed by atoms with E-state index in [9.17, 15) is 13.9 Å². The molecule has 0 unspecified atom stereocenters. The third kappa shape index (κ3) is 3.53. The molecule has 1 saturated carbocycles. The molecule has 0 saturated heterocycles. The maximum absolute atomic E-state index is 13.2. The summed E-state index contributed by atoms with van der Waals surface area (Å²) in [6.45, 7) is 0. The molecule has 3 N–H and O–H groups in total. The molecule has 1 fully saturated rings. The van der Waals surface area contributed by atoms with Gasteiger partial charge in [-0.15, -0.1) is 0 Å². The van der Waals surface area contributed by atoms with Gasteiger partial charge in [0.1, 0.15) is 0 Å². The predicted molar refractivity (Wildman–Crippen MR) is 74.3 cm³/mol. The number of hydrogen-bond donors (Lipinski definition) is 3. The van der Waals surface area contributed by atoms with Crippen molar-refractivity contribution in [3.63, 3.8) is 0 Å². The first-order chi connectivity index (χ1) is 9.08. The lowest BCUT2D eigenvalue weighted by atomic mass is 9.96. The maximum atomic E-state index is 13.2. The summed E-state index contributed by atoms with van der Waals surface area (Å²) in [6, 6.07) is 2.50. The molecule has 104 valence electrons. The van der Waals surface area contributed by atoms with Crippen molar-refractivity contribution in [1.82, 2.24) is 5.32 Å². The summed E-state index contributed by atoms with van der Waals surface area (Å²) >= 11 is 5.10. The summed E-state index contributed by atoms with van der Waals surface area (Å²) in [5.74, 6) is -3.12. The standard InChI is InChI=1S/C13H16F2N2OS/c14-9-6-7-10(12(18)11(9)15)17-13(19)16-8-4-2-1-3-5-8/h6-8,18H,1-5H2,(H2,16,17,19). The molecule has 3 nitrogen and oxygen atoms in total. The molecule has 0 spiro atoms. The Morgan fingerprint density at radius 2 is 1.89 bits per heavy atom. The monoisotopic (exact) mass is 286 g/mol. The van der Waals surface area contributed by atoms with Gasteiger partial charge in [-0.25, -0.2) is 4.39 Å². The normalized spacial score (nSPS) is 16.1. The third-order valence-electron chi connectivity index (χ3n) is 3.26. The largest absolute Gasteiger partial charge is 0.503 e. The van der Waals surface area contributed by atoms with Gasteiger partial charge in [-0.2, -0.15) is 4.39 Å². The second-order valence-corrected chi connectivity index (χ2v) is 5.10. The molecule has 0 aromatic heterocycles. The average Bonchev–Trinajstić information content (AvgIpc) is 2.41. The average molecular weight is 286 g/mol. The molecular weight excluding hydrogens is 270 g/mol. The van der Waals surface area contributed by atoms with Crippen LogP contribution in [0.15, 0.2) is 12.1 Å². The molecule has 1 aromatic carbocycles. The van der Waals surface area contributed by atoms with Crippen molar-refractivity contribution < 1.29 is 13.9 Å². The van der Waals surface area contributed by atoms with E-state index in [0.29, 0.717) is 11.2 Å². The molecule has 0 atom stereocenters. The lowest BCUT2D eigenvalue weighted by Gasteiger charge is -2.24. The zero-order valence-electron chi connectivity index (χ0n) is 10.4. The molecule has 19 heavy (non-hydrogen) atoms. The number of aromatic hydroxyl groups is 1. The van der Waals surface area contributed by atoms with E-state index in [-0.39, 0.29) is 5.69 Å². The van der Waals surface area contributed by atoms with E-state index in [0.717, 1.165) is 31.7 Å². The van der Waals surface area contributed by atoms with Crippen LogP contribution in [0.5, 0.6) is 5.75 Å². The zero-order valence-corrected chi connectivity index (χ0v) is 11.2. The molecule has 6 heteroatoms. The SMILES string of the molecule is Oc1c(NC(=S)NC2CCCCC2)ccc(F)c1F. The van der Waals surface area contributed by atoms with Crippen LogP contribution in [0.25, 0.3) is 0 Å². The van der Waals surface area contributed by atoms with Gasteiger partial charge in [0.05, 0.1) is 5.69 Å². The molecule has 0 aliphatic heterocycles. The smallest absolute Gasteiger partial charge is 0.202 e. The lowest BCUT2D eigenvalue weighted by Crippen LogP contribution is -2.38. The molecule has 1 aromatic rings. The zero-order chi connectivity index (χ0) is 13.8. The van der Waals surface area contributed by atoms with Crippen molar-refractivity contribution in [2.24, 2.45) is 0 Å². The minimum absolute atomic E-state index is 0.0622. The van der Waals surface area contributed by atoms with Crippen LogP contribution in [-0.4, -0.2) is 16.3 Å². The number of hydrogen-bond acceptors (Lipinski definition) is 2. The first kappa shape index (κ1) is 14.0. The minimum Gasteiger partial charge on any atom is -0.503 e. The van der Waals surface area contributed by atoms with E-state index in [2.05, 4.69) is 10.6 Å². The Balaban J connectivity index is 1.97. The maximum Gasteiger partial charge on any atom is 0.202 e. The van der Waals surface area contributed by atoms with Crippen LogP contribution >= 0.6 is 12.2 Å². The first-order valence-corrected chi connectivity index (χ1v) is 6.73. The third-order valence-corrected chi connectivity index (χ3v) is 3.48. The van der Waals surface area contributed by atoms with Crippen LogP contribution in [0.4, 0.5) is 14.5 Å². The van der Waals surface area contributed by atoms with Crippen LogP contribution < -0.4 is 10.6 Å². The molecule has 0 bridgehead atoms. The molecule has 2 rings (SSSR count). The summed E-state index contributed by atoms with van der Waals surface area (Å²) in [7, 11) is 0. The highest BCUT2D eigenvalue weighted by Gasteiger charge is 2.16. The second kappa shape index (κ2) is 6.14. The number of benzene rings is 1. The topological polar surface area (TPSA) is 44.3 Å². The lowest BCUT2D eigenvalue weighted by molar-refractivity contribution is 0.408. The Labute approximate surface area is 116 Å². The summed E-state index contributed by atoms with van der Waals surface area (Å²) in [6.07, 6.45) is 5.66. The second-order valence-electron chi connectivity index (χ2n) is 4.69. The molecule has 0 amide bonds. The molecule has 0 radical (unpaired) electrons. The van der Waals surface area contributed by atoms with Crippen molar-refractivity contribution >= 4 is 23.0 Å². The highest BCUT2D eigenvalue weighted by Crippen LogP contribution is 2.28. The highest BCUT2D eigenvalue weighted by atomic mass is 32.1. The van der Waals surface area contributed by atoms with Gasteiger partial charge in [0.2, 0.25) is 5.82 Å². The molecule has 0 heterocycles. The van der Waals surface area contributed by atoms with Crippen molar-refractivity contribution in [3.05, 3.63) is 23.8 Å². The summed E-state index contributed by atoms with van der Waals surface area (Å²) < 4.78 is 26.0. The number of thiocarbonyl (C=S) groups is 1. The Bertz CT molecular complexity index is 476. The first-order valence-electron chi connectivity index (χ1n) is 6.32. The molecule has 1 aliphatic rings. The van der Waals surface area contributed by atoms with Gasteiger partial charge < -0.3 is 15.7 Å². The van der Waals surface area contributed by atoms with Crippen molar-refractivity contribution in [3.8, 4) is 5.75 Å². The minimum atomic E-state index is -1.27. The summed E-state index contributed by atoms with van der Waals surface area (Å²) in [5.41, 5.74) is 0.0622. The number of nitrogens with one attached hydrogen (secondary N) is 2. The highest BCUT2D eigenvalue weighted by molar-refractivity contribution is 7.80. The number of rotatable bonds is 2. The fraction of sp³-hybridized carbons (Fsp3) is 0.462. The fourth-order valence-electron chi connectivity index (χ4n) is 2.23. The van der Waals surface area contributed by atoms with Gasteiger partial charge in [0.25, 0.3) is 0 Å². The quantitative estimate of drug-likeness (QED) is 0.576. The predicted octanol–water partition coefficient (Wildman–Crippen LogP) is 3.29. The van der Waals surface area contributed by atoms with Crippen LogP contribution in [0.1, 0.15) is 32.1 Å². The Hall–Kier alpha value is -1.43. The Morgan fingerprint density at radius 3 is 2.58 bits per heavy atom. The van der Waals surface area contributed by atoms with E-state index >= 15 is 0 Å². The van der Waals surface area contributed by atoms with Gasteiger partial charge in [-0.3, -0.25) is 0 Å². The molecule has 1 aliphatic carbocycles. The summed E-state index contributed by atoms with van der Waals surface area (Å²) in [4.78, 5) is 0.